The van der Waals surface area contributed by atoms with Crippen molar-refractivity contribution in [3.63, 3.8) is 0 Å². The molecular weight excluding hydrogens is 447 g/mol. The predicted octanol–water partition coefficient (Wildman–Crippen LogP) is 0.860. The molecule has 0 saturated carbocycles. The van der Waals surface area contributed by atoms with E-state index < -0.39 is 65.0 Å². The number of hydrazine groups is 1. The number of hydrogen-bond donors (Lipinski definition) is 3. The summed E-state index contributed by atoms with van der Waals surface area (Å²) in [5.41, 5.74) is -3.04. The largest absolute Gasteiger partial charge is 0.481 e. The Labute approximate surface area is 177 Å². The Morgan fingerprint density at radius 2 is 1.83 bits per heavy atom. The molecule has 0 radical (unpaired) electrons. The van der Waals surface area contributed by atoms with E-state index in [0.717, 1.165) is 0 Å². The third-order valence-corrected chi connectivity index (χ3v) is 5.18. The molecule has 0 aliphatic carbocycles. The molecule has 13 heteroatoms. The van der Waals surface area contributed by atoms with Crippen molar-refractivity contribution in [3.05, 3.63) is 35.9 Å². The van der Waals surface area contributed by atoms with Crippen LogP contribution in [0, 0.1) is 5.92 Å². The van der Waals surface area contributed by atoms with Gasteiger partial charge in [0.25, 0.3) is 16.0 Å². The second kappa shape index (κ2) is 10.7. The van der Waals surface area contributed by atoms with E-state index in [0.29, 0.717) is 6.26 Å². The van der Waals surface area contributed by atoms with Crippen LogP contribution in [0.1, 0.15) is 23.2 Å². The number of carboxylic acids is 2. The van der Waals surface area contributed by atoms with Gasteiger partial charge in [0.1, 0.15) is 6.17 Å². The van der Waals surface area contributed by atoms with Crippen LogP contribution in [0.2, 0.25) is 0 Å². The number of carboxylic acid groups (broad SMARTS) is 2. The first kappa shape index (κ1) is 25.8. The van der Waals surface area contributed by atoms with Gasteiger partial charge >= 0.3 is 11.9 Å². The molecule has 0 aliphatic rings. The molecule has 1 aromatic carbocycles. The van der Waals surface area contributed by atoms with E-state index in [1.807, 2.05) is 0 Å². The highest BCUT2D eigenvalue weighted by Crippen LogP contribution is 2.33. The quantitative estimate of drug-likeness (QED) is 0.132. The summed E-state index contributed by atoms with van der Waals surface area (Å²) in [7, 11) is -4.04. The lowest BCUT2D eigenvalue weighted by Gasteiger charge is -2.41. The van der Waals surface area contributed by atoms with Crippen LogP contribution in [-0.2, 0) is 23.9 Å². The Morgan fingerprint density at radius 1 is 1.27 bits per heavy atom. The van der Waals surface area contributed by atoms with E-state index >= 15 is 4.39 Å². The van der Waals surface area contributed by atoms with E-state index in [1.54, 1.807) is 6.07 Å². The van der Waals surface area contributed by atoms with Crippen LogP contribution in [0.25, 0.3) is 0 Å². The number of alkyl halides is 2. The summed E-state index contributed by atoms with van der Waals surface area (Å²) in [5, 5.41) is 19.3. The minimum Gasteiger partial charge on any atom is -0.481 e. The lowest BCUT2D eigenvalue weighted by atomic mass is 9.80. The van der Waals surface area contributed by atoms with E-state index in [2.05, 4.69) is 4.18 Å². The summed E-state index contributed by atoms with van der Waals surface area (Å²) in [6, 6.07) is 7.07. The summed E-state index contributed by atoms with van der Waals surface area (Å²) in [6.45, 7) is -0.867. The molecule has 3 atom stereocenters. The first-order valence-electron chi connectivity index (χ1n) is 8.53. The van der Waals surface area contributed by atoms with Crippen molar-refractivity contribution in [3.8, 4) is 0 Å². The number of hydrogen-bond acceptors (Lipinski definition) is 7. The highest BCUT2D eigenvalue weighted by atomic mass is 35.5. The van der Waals surface area contributed by atoms with E-state index in [1.165, 1.54) is 24.3 Å². The van der Waals surface area contributed by atoms with Gasteiger partial charge in [0.15, 0.2) is 5.54 Å². The fraction of sp³-hybridized carbons (Fsp3) is 0.471. The van der Waals surface area contributed by atoms with Crippen LogP contribution in [0.3, 0.4) is 0 Å². The van der Waals surface area contributed by atoms with Crippen molar-refractivity contribution in [2.24, 2.45) is 11.8 Å². The highest BCUT2D eigenvalue weighted by Gasteiger charge is 2.57. The molecule has 1 amide bonds. The molecule has 30 heavy (non-hydrogen) atoms. The Bertz CT molecular complexity index is 870. The number of carbonyl (C=O) groups excluding carboxylic acids is 1. The standard InChI is InChI=1S/C17H22ClFN2O8S/c1-30(27,28)29-10-8-17(16(25)26,13(19)12(7-9-18)15(23)24)21(20)14(22)11-5-3-2-4-6-11/h2-6,12-13H,7-10,20H2,1H3,(H,23,24)(H,25,26)/t12?,13?,17-/m0/s1. The van der Waals surface area contributed by atoms with Crippen molar-refractivity contribution in [1.82, 2.24) is 5.01 Å². The molecule has 0 heterocycles. The maximum atomic E-state index is 15.5. The average Bonchev–Trinajstić information content (AvgIpc) is 2.67. The van der Waals surface area contributed by atoms with Crippen molar-refractivity contribution in [1.29, 1.82) is 0 Å². The van der Waals surface area contributed by atoms with Gasteiger partial charge in [0.2, 0.25) is 0 Å². The lowest BCUT2D eigenvalue weighted by molar-refractivity contribution is -0.162. The SMILES string of the molecule is CS(=O)(=O)OCC[C@@](C(=O)O)(C(F)C(CCCl)C(=O)O)N(N)C(=O)c1ccccc1. The summed E-state index contributed by atoms with van der Waals surface area (Å²) >= 11 is 5.52. The second-order valence-corrected chi connectivity index (χ2v) is 8.39. The molecular formula is C17H22ClFN2O8S. The Balaban J connectivity index is 3.50. The van der Waals surface area contributed by atoms with Gasteiger partial charge in [-0.3, -0.25) is 18.8 Å². The molecule has 2 unspecified atom stereocenters. The van der Waals surface area contributed by atoms with Crippen molar-refractivity contribution in [2.75, 3.05) is 18.7 Å². The van der Waals surface area contributed by atoms with Gasteiger partial charge in [-0.25, -0.2) is 15.0 Å². The zero-order valence-electron chi connectivity index (χ0n) is 15.9. The number of rotatable bonds is 12. The Kier molecular flexibility index (Phi) is 9.15. The fourth-order valence-electron chi connectivity index (χ4n) is 2.81. The summed E-state index contributed by atoms with van der Waals surface area (Å²) < 4.78 is 42.5. The maximum absolute atomic E-state index is 15.5. The first-order valence-corrected chi connectivity index (χ1v) is 10.9. The van der Waals surface area contributed by atoms with Gasteiger partial charge in [-0.1, -0.05) is 18.2 Å². The van der Waals surface area contributed by atoms with Gasteiger partial charge in [-0.05, 0) is 18.6 Å². The average molecular weight is 469 g/mol. The minimum atomic E-state index is -4.04. The van der Waals surface area contributed by atoms with Crippen LogP contribution in [0.15, 0.2) is 30.3 Å². The molecule has 4 N–H and O–H groups in total. The smallest absolute Gasteiger partial charge is 0.334 e. The normalized spacial score (nSPS) is 15.6. The third-order valence-electron chi connectivity index (χ3n) is 4.37. The maximum Gasteiger partial charge on any atom is 0.334 e. The molecule has 168 valence electrons. The van der Waals surface area contributed by atoms with E-state index in [4.69, 9.17) is 17.4 Å². The van der Waals surface area contributed by atoms with Gasteiger partial charge in [0, 0.05) is 17.9 Å². The van der Waals surface area contributed by atoms with Gasteiger partial charge in [-0.2, -0.15) is 8.42 Å². The molecule has 10 nitrogen and oxygen atoms in total. The first-order chi connectivity index (χ1) is 13.9. The van der Waals surface area contributed by atoms with Gasteiger partial charge < -0.3 is 10.2 Å². The number of benzene rings is 1. The summed E-state index contributed by atoms with van der Waals surface area (Å²) in [6.07, 6.45) is -3.47. The van der Waals surface area contributed by atoms with E-state index in [-0.39, 0.29) is 16.5 Å². The minimum absolute atomic E-state index is 0.0745. The highest BCUT2D eigenvalue weighted by molar-refractivity contribution is 7.85. The molecule has 0 spiro atoms. The van der Waals surface area contributed by atoms with Crippen molar-refractivity contribution < 1.29 is 41.6 Å². The molecule has 0 fully saturated rings. The van der Waals surface area contributed by atoms with E-state index in [9.17, 15) is 33.0 Å². The molecule has 1 aromatic rings. The van der Waals surface area contributed by atoms with Crippen LogP contribution >= 0.6 is 11.6 Å². The lowest BCUT2D eigenvalue weighted by Crippen LogP contribution is -2.68. The molecule has 0 saturated heterocycles. The van der Waals surface area contributed by atoms with Crippen LogP contribution in [0.5, 0.6) is 0 Å². The van der Waals surface area contributed by atoms with Crippen LogP contribution in [0.4, 0.5) is 4.39 Å². The van der Waals surface area contributed by atoms with Crippen LogP contribution in [-0.4, -0.2) is 71.9 Å². The molecule has 0 aromatic heterocycles. The van der Waals surface area contributed by atoms with Crippen molar-refractivity contribution >= 4 is 39.6 Å². The number of amides is 1. The third kappa shape index (κ3) is 6.11. The second-order valence-electron chi connectivity index (χ2n) is 6.37. The van der Waals surface area contributed by atoms with Crippen LogP contribution < -0.4 is 5.84 Å². The zero-order valence-corrected chi connectivity index (χ0v) is 17.5. The number of nitrogens with two attached hydrogens (primary N) is 1. The van der Waals surface area contributed by atoms with Crippen molar-refractivity contribution in [2.45, 2.75) is 24.6 Å². The number of aliphatic carboxylic acids is 2. The topological polar surface area (TPSA) is 164 Å². The molecule has 0 bridgehead atoms. The molecule has 0 aliphatic heterocycles. The number of carbonyl (C=O) groups is 3. The van der Waals surface area contributed by atoms with Gasteiger partial charge in [0.05, 0.1) is 18.8 Å². The number of halogens is 2. The fourth-order valence-corrected chi connectivity index (χ4v) is 3.44. The predicted molar refractivity (Wildman–Crippen MR) is 104 cm³/mol. The molecule has 1 rings (SSSR count). The Morgan fingerprint density at radius 3 is 2.27 bits per heavy atom. The summed E-state index contributed by atoms with van der Waals surface area (Å²) in [4.78, 5) is 36.5. The Hall–Kier alpha value is -2.28. The monoisotopic (exact) mass is 468 g/mol. The zero-order chi connectivity index (χ0) is 23.1. The number of nitrogens with zero attached hydrogens (tertiary/aromatic N) is 1. The van der Waals surface area contributed by atoms with Gasteiger partial charge in [-0.15, -0.1) is 11.6 Å². The summed E-state index contributed by atoms with van der Waals surface area (Å²) in [5.74, 6) is -1.29.